The molecule has 1 aromatic heterocycles. The van der Waals surface area contributed by atoms with E-state index in [-0.39, 0.29) is 17.4 Å². The Morgan fingerprint density at radius 1 is 1.05 bits per heavy atom. The van der Waals surface area contributed by atoms with E-state index >= 15 is 0 Å². The number of anilines is 1. The minimum Gasteiger partial charge on any atom is -0.507 e. The van der Waals surface area contributed by atoms with E-state index in [1.165, 1.54) is 23.3 Å². The number of ether oxygens (including phenoxy) is 4. The molecule has 0 unspecified atom stereocenters. The summed E-state index contributed by atoms with van der Waals surface area (Å²) in [5, 5.41) is 12.0. The Hall–Kier alpha value is -4.57. The van der Waals surface area contributed by atoms with Crippen LogP contribution < -0.4 is 23.8 Å². The summed E-state index contributed by atoms with van der Waals surface area (Å²) >= 11 is 1.27. The third-order valence-electron chi connectivity index (χ3n) is 7.28. The summed E-state index contributed by atoms with van der Waals surface area (Å²) in [7, 11) is 1.52. The lowest BCUT2D eigenvalue weighted by Crippen LogP contribution is -2.29. The molecule has 10 heteroatoms. The Morgan fingerprint density at radius 2 is 1.86 bits per heavy atom. The molecule has 0 saturated carbocycles. The molecule has 1 N–H and O–H groups in total. The number of rotatable bonds is 8. The van der Waals surface area contributed by atoms with E-state index in [0.29, 0.717) is 58.7 Å². The summed E-state index contributed by atoms with van der Waals surface area (Å²) in [4.78, 5) is 33.5. The highest BCUT2D eigenvalue weighted by atomic mass is 32.1. The second-order valence-electron chi connectivity index (χ2n) is 10.0. The van der Waals surface area contributed by atoms with Crippen LogP contribution in [0.3, 0.4) is 0 Å². The lowest BCUT2D eigenvalue weighted by molar-refractivity contribution is -0.132. The van der Waals surface area contributed by atoms with Gasteiger partial charge in [0.15, 0.2) is 16.6 Å². The summed E-state index contributed by atoms with van der Waals surface area (Å²) in [6.07, 6.45) is 0.696. The van der Waals surface area contributed by atoms with Crippen LogP contribution in [-0.4, -0.2) is 48.2 Å². The van der Waals surface area contributed by atoms with Gasteiger partial charge >= 0.3 is 5.91 Å². The molecule has 2 aliphatic heterocycles. The van der Waals surface area contributed by atoms with Gasteiger partial charge in [-0.05, 0) is 80.4 Å². The Bertz CT molecular complexity index is 1740. The van der Waals surface area contributed by atoms with Crippen molar-refractivity contribution in [3.05, 3.63) is 76.9 Å². The molecule has 1 saturated heterocycles. The highest BCUT2D eigenvalue weighted by Gasteiger charge is 2.48. The number of methoxy groups -OCH3 is 1. The van der Waals surface area contributed by atoms with Crippen LogP contribution in [0.5, 0.6) is 23.0 Å². The van der Waals surface area contributed by atoms with Crippen molar-refractivity contribution in [2.45, 2.75) is 39.3 Å². The highest BCUT2D eigenvalue weighted by molar-refractivity contribution is 7.22. The van der Waals surface area contributed by atoms with E-state index in [4.69, 9.17) is 23.9 Å². The Morgan fingerprint density at radius 3 is 2.62 bits per heavy atom. The Balaban J connectivity index is 1.53. The maximum absolute atomic E-state index is 13.7. The zero-order chi connectivity index (χ0) is 29.5. The quantitative estimate of drug-likeness (QED) is 0.151. The summed E-state index contributed by atoms with van der Waals surface area (Å²) < 4.78 is 23.5. The Labute approximate surface area is 246 Å². The fourth-order valence-electron chi connectivity index (χ4n) is 5.45. The van der Waals surface area contributed by atoms with Gasteiger partial charge in [-0.1, -0.05) is 17.4 Å². The van der Waals surface area contributed by atoms with Crippen LogP contribution in [-0.2, 0) is 16.0 Å². The average Bonchev–Trinajstić information content (AvgIpc) is 3.65. The molecule has 3 aromatic carbocycles. The molecular formula is C32H30N2O7S. The number of carbonyl (C=O) groups is 2. The summed E-state index contributed by atoms with van der Waals surface area (Å²) in [6.45, 7) is 6.69. The number of fused-ring (bicyclic) bond motifs is 2. The van der Waals surface area contributed by atoms with Crippen molar-refractivity contribution in [3.63, 3.8) is 0 Å². The van der Waals surface area contributed by atoms with Gasteiger partial charge in [0, 0.05) is 12.0 Å². The molecule has 1 fully saturated rings. The molecule has 0 bridgehead atoms. The van der Waals surface area contributed by atoms with Crippen molar-refractivity contribution in [2.75, 3.05) is 25.2 Å². The normalized spacial score (nSPS) is 19.2. The minimum atomic E-state index is -0.968. The predicted molar refractivity (Wildman–Crippen MR) is 160 cm³/mol. The van der Waals surface area contributed by atoms with Crippen molar-refractivity contribution in [1.29, 1.82) is 0 Å². The van der Waals surface area contributed by atoms with Crippen LogP contribution >= 0.6 is 11.3 Å². The first-order chi connectivity index (χ1) is 20.3. The molecule has 4 aromatic rings. The van der Waals surface area contributed by atoms with Gasteiger partial charge in [-0.2, -0.15) is 0 Å². The molecule has 9 nitrogen and oxygen atoms in total. The Kier molecular flexibility index (Phi) is 7.24. The summed E-state index contributed by atoms with van der Waals surface area (Å²) in [5.41, 5.74) is 2.54. The fraction of sp³-hybridized carbons (Fsp3) is 0.281. The van der Waals surface area contributed by atoms with Gasteiger partial charge < -0.3 is 24.1 Å². The fourth-order valence-corrected chi connectivity index (χ4v) is 6.47. The summed E-state index contributed by atoms with van der Waals surface area (Å²) in [6, 6.07) is 15.0. The van der Waals surface area contributed by atoms with Gasteiger partial charge in [0.2, 0.25) is 0 Å². The van der Waals surface area contributed by atoms with Gasteiger partial charge in [0.25, 0.3) is 5.78 Å². The second-order valence-corrected chi connectivity index (χ2v) is 11.0. The van der Waals surface area contributed by atoms with E-state index in [2.05, 4.69) is 0 Å². The van der Waals surface area contributed by atoms with Crippen molar-refractivity contribution in [2.24, 2.45) is 0 Å². The molecule has 216 valence electrons. The lowest BCUT2D eigenvalue weighted by Gasteiger charge is -2.24. The highest BCUT2D eigenvalue weighted by Crippen LogP contribution is 2.46. The summed E-state index contributed by atoms with van der Waals surface area (Å²) in [5.74, 6) is 0.543. The number of thiazole rings is 1. The maximum Gasteiger partial charge on any atom is 0.301 e. The number of Topliss-reactive ketones (excluding diaryl/α,β-unsaturated/α-hetero) is 1. The third-order valence-corrected chi connectivity index (χ3v) is 8.30. The van der Waals surface area contributed by atoms with Crippen LogP contribution in [0.1, 0.15) is 43.5 Å². The third kappa shape index (κ3) is 4.71. The number of ketones is 1. The van der Waals surface area contributed by atoms with Crippen LogP contribution in [0, 0.1) is 0 Å². The van der Waals surface area contributed by atoms with Crippen molar-refractivity contribution >= 4 is 44.1 Å². The smallest absolute Gasteiger partial charge is 0.301 e. The maximum atomic E-state index is 13.7. The van der Waals surface area contributed by atoms with Crippen LogP contribution in [0.4, 0.5) is 5.13 Å². The van der Waals surface area contributed by atoms with Gasteiger partial charge in [0.05, 0.1) is 42.2 Å². The van der Waals surface area contributed by atoms with Crippen LogP contribution in [0.2, 0.25) is 0 Å². The molecule has 0 spiro atoms. The number of aromatic nitrogens is 1. The van der Waals surface area contributed by atoms with Crippen molar-refractivity contribution < 1.29 is 33.6 Å². The molecular weight excluding hydrogens is 556 g/mol. The van der Waals surface area contributed by atoms with E-state index in [9.17, 15) is 14.7 Å². The first-order valence-electron chi connectivity index (χ1n) is 13.8. The number of hydrogen-bond acceptors (Lipinski definition) is 9. The number of carbonyl (C=O) groups excluding carboxylic acids is 2. The molecule has 3 heterocycles. The molecule has 0 aliphatic carbocycles. The number of aliphatic hydroxyl groups is 1. The molecule has 6 rings (SSSR count). The molecule has 42 heavy (non-hydrogen) atoms. The van der Waals surface area contributed by atoms with Gasteiger partial charge in [-0.25, -0.2) is 4.98 Å². The average molecular weight is 587 g/mol. The SMILES string of the molecule is CCOc1ccc2nc(N3C(=O)C(=O)/C(=C(/O)c4ccc5c(c4)C[C@H](C)O5)[C@@H]3c3ccc(OCC)c(OC)c3)sc2c1. The molecule has 1 amide bonds. The van der Waals surface area contributed by atoms with E-state index in [1.807, 2.05) is 45.0 Å². The first-order valence-corrected chi connectivity index (χ1v) is 14.6. The topological polar surface area (TPSA) is 107 Å². The van der Waals surface area contributed by atoms with Gasteiger partial charge in [-0.3, -0.25) is 14.5 Å². The van der Waals surface area contributed by atoms with Gasteiger partial charge in [-0.15, -0.1) is 0 Å². The number of nitrogens with zero attached hydrogens (tertiary/aromatic N) is 2. The number of amides is 1. The number of aliphatic hydroxyl groups excluding tert-OH is 1. The largest absolute Gasteiger partial charge is 0.507 e. The minimum absolute atomic E-state index is 0.0153. The van der Waals surface area contributed by atoms with Crippen molar-refractivity contribution in [3.8, 4) is 23.0 Å². The zero-order valence-electron chi connectivity index (χ0n) is 23.7. The first kappa shape index (κ1) is 27.6. The van der Waals surface area contributed by atoms with Crippen LogP contribution in [0.15, 0.2) is 60.2 Å². The second kappa shape index (κ2) is 11.0. The zero-order valence-corrected chi connectivity index (χ0v) is 24.5. The molecule has 2 aliphatic rings. The van der Waals surface area contributed by atoms with E-state index < -0.39 is 17.7 Å². The van der Waals surface area contributed by atoms with Crippen LogP contribution in [0.25, 0.3) is 16.0 Å². The standard InChI is InChI=1S/C32H30N2O7S/c1-5-39-21-9-10-22-26(16-21)42-32(33-22)34-28(18-7-12-24(40-6-2)25(15-18)38-4)27(30(36)31(34)37)29(35)19-8-11-23-20(14-19)13-17(3)41-23/h7-12,14-17,28,35H,5-6,13H2,1-4H3/b29-27+/t17-,28-/m0/s1. The number of hydrogen-bond donors (Lipinski definition) is 1. The molecule has 0 radical (unpaired) electrons. The number of benzene rings is 3. The van der Waals surface area contributed by atoms with Crippen molar-refractivity contribution in [1.82, 2.24) is 4.98 Å². The predicted octanol–water partition coefficient (Wildman–Crippen LogP) is 6.05. The monoisotopic (exact) mass is 586 g/mol. The van der Waals surface area contributed by atoms with Gasteiger partial charge in [0.1, 0.15) is 23.4 Å². The van der Waals surface area contributed by atoms with E-state index in [0.717, 1.165) is 16.0 Å². The van der Waals surface area contributed by atoms with E-state index in [1.54, 1.807) is 30.3 Å². The lowest BCUT2D eigenvalue weighted by atomic mass is 9.94. The molecule has 2 atom stereocenters.